The lowest BCUT2D eigenvalue weighted by molar-refractivity contribution is 0.00989. The summed E-state index contributed by atoms with van der Waals surface area (Å²) in [5.74, 6) is 2.62. The van der Waals surface area contributed by atoms with Crippen LogP contribution in [0.15, 0.2) is 59.6 Å². The van der Waals surface area contributed by atoms with E-state index in [4.69, 9.17) is 14.2 Å². The molecule has 0 saturated carbocycles. The molecular weight excluding hydrogens is 378 g/mol. The van der Waals surface area contributed by atoms with Crippen LogP contribution >= 0.6 is 0 Å². The maximum Gasteiger partial charge on any atom is 0.193 e. The lowest BCUT2D eigenvalue weighted by Gasteiger charge is -2.34. The van der Waals surface area contributed by atoms with E-state index in [9.17, 15) is 0 Å². The Bertz CT molecular complexity index is 757. The lowest BCUT2D eigenvalue weighted by Crippen LogP contribution is -2.46. The summed E-state index contributed by atoms with van der Waals surface area (Å²) >= 11 is 0. The molecule has 0 aromatic heterocycles. The normalized spacial score (nSPS) is 15.3. The number of aliphatic imine (C=N–C) groups is 1. The Hall–Kier alpha value is -2.57. The zero-order chi connectivity index (χ0) is 21.0. The average molecular weight is 412 g/mol. The minimum atomic E-state index is 0.341. The fraction of sp³-hybridized carbons (Fsp3) is 0.458. The molecule has 1 fully saturated rings. The SMILES string of the molecule is CN=C(NCc1ccc(Oc2ccccc2)cc1)N1CCC(OCCCOC)CC1. The Labute approximate surface area is 179 Å². The summed E-state index contributed by atoms with van der Waals surface area (Å²) in [7, 11) is 3.57. The van der Waals surface area contributed by atoms with E-state index in [1.165, 1.54) is 5.56 Å². The molecule has 30 heavy (non-hydrogen) atoms. The molecule has 1 saturated heterocycles. The number of likely N-dealkylation sites (tertiary alicyclic amines) is 1. The van der Waals surface area contributed by atoms with Crippen molar-refractivity contribution in [3.63, 3.8) is 0 Å². The van der Waals surface area contributed by atoms with Gasteiger partial charge in [-0.3, -0.25) is 4.99 Å². The number of piperidine rings is 1. The van der Waals surface area contributed by atoms with Crippen molar-refractivity contribution in [3.8, 4) is 11.5 Å². The van der Waals surface area contributed by atoms with E-state index >= 15 is 0 Å². The van der Waals surface area contributed by atoms with Gasteiger partial charge < -0.3 is 24.4 Å². The molecule has 1 aliphatic heterocycles. The third kappa shape index (κ3) is 7.04. The zero-order valence-corrected chi connectivity index (χ0v) is 18.0. The second kappa shape index (κ2) is 12.2. The number of hydrogen-bond donors (Lipinski definition) is 1. The Balaban J connectivity index is 1.41. The minimum Gasteiger partial charge on any atom is -0.457 e. The van der Waals surface area contributed by atoms with Crippen molar-refractivity contribution in [3.05, 3.63) is 60.2 Å². The van der Waals surface area contributed by atoms with Gasteiger partial charge in [0, 0.05) is 47.0 Å². The van der Waals surface area contributed by atoms with Gasteiger partial charge in [0.2, 0.25) is 0 Å². The number of nitrogens with one attached hydrogen (secondary N) is 1. The smallest absolute Gasteiger partial charge is 0.193 e. The number of guanidine groups is 1. The van der Waals surface area contributed by atoms with Crippen LogP contribution in [-0.2, 0) is 16.0 Å². The highest BCUT2D eigenvalue weighted by Gasteiger charge is 2.21. The maximum atomic E-state index is 5.95. The van der Waals surface area contributed by atoms with Gasteiger partial charge >= 0.3 is 0 Å². The lowest BCUT2D eigenvalue weighted by atomic mass is 10.1. The Kier molecular flexibility index (Phi) is 9.00. The molecule has 0 amide bonds. The first-order valence-electron chi connectivity index (χ1n) is 10.7. The van der Waals surface area contributed by atoms with Gasteiger partial charge in [0.25, 0.3) is 0 Å². The molecule has 0 radical (unpaired) electrons. The molecule has 1 aliphatic rings. The summed E-state index contributed by atoms with van der Waals surface area (Å²) in [5, 5.41) is 3.48. The first-order valence-corrected chi connectivity index (χ1v) is 10.7. The molecule has 0 aliphatic carbocycles. The van der Waals surface area contributed by atoms with Crippen molar-refractivity contribution in [2.75, 3.05) is 40.5 Å². The fourth-order valence-corrected chi connectivity index (χ4v) is 3.50. The van der Waals surface area contributed by atoms with Gasteiger partial charge in [-0.15, -0.1) is 0 Å². The second-order valence-corrected chi connectivity index (χ2v) is 7.36. The summed E-state index contributed by atoms with van der Waals surface area (Å²) in [6.45, 7) is 4.17. The molecule has 6 nitrogen and oxygen atoms in total. The van der Waals surface area contributed by atoms with Crippen LogP contribution in [0, 0.1) is 0 Å². The quantitative estimate of drug-likeness (QED) is 0.383. The van der Waals surface area contributed by atoms with Crippen molar-refractivity contribution < 1.29 is 14.2 Å². The third-order valence-electron chi connectivity index (χ3n) is 5.15. The van der Waals surface area contributed by atoms with E-state index in [0.717, 1.165) is 69.6 Å². The van der Waals surface area contributed by atoms with Crippen LogP contribution in [0.25, 0.3) is 0 Å². The van der Waals surface area contributed by atoms with E-state index in [2.05, 4.69) is 27.3 Å². The largest absolute Gasteiger partial charge is 0.457 e. The molecule has 2 aromatic rings. The topological polar surface area (TPSA) is 55.3 Å². The summed E-state index contributed by atoms with van der Waals surface area (Å²) < 4.78 is 16.9. The van der Waals surface area contributed by atoms with E-state index in [0.29, 0.717) is 6.10 Å². The Morgan fingerprint density at radius 2 is 1.70 bits per heavy atom. The standard InChI is InChI=1S/C24H33N3O3/c1-25-24(27-15-13-21(14-16-27)29-18-6-17-28-2)26-19-20-9-11-23(12-10-20)30-22-7-4-3-5-8-22/h3-5,7-12,21H,6,13-19H2,1-2H3,(H,25,26). The van der Waals surface area contributed by atoms with Crippen LogP contribution in [-0.4, -0.2) is 57.4 Å². The molecule has 3 rings (SSSR count). The van der Waals surface area contributed by atoms with Gasteiger partial charge in [0.15, 0.2) is 5.96 Å². The van der Waals surface area contributed by atoms with Crippen molar-refractivity contribution in [1.29, 1.82) is 0 Å². The molecule has 0 atom stereocenters. The van der Waals surface area contributed by atoms with Gasteiger partial charge in [-0.1, -0.05) is 30.3 Å². The Morgan fingerprint density at radius 3 is 2.37 bits per heavy atom. The molecule has 0 spiro atoms. The molecule has 6 heteroatoms. The van der Waals surface area contributed by atoms with E-state index < -0.39 is 0 Å². The number of nitrogens with zero attached hydrogens (tertiary/aromatic N) is 2. The van der Waals surface area contributed by atoms with Gasteiger partial charge in [0.1, 0.15) is 11.5 Å². The van der Waals surface area contributed by atoms with Crippen molar-refractivity contribution in [2.45, 2.75) is 31.9 Å². The molecule has 2 aromatic carbocycles. The molecule has 0 unspecified atom stereocenters. The monoisotopic (exact) mass is 411 g/mol. The summed E-state index contributed by atoms with van der Waals surface area (Å²) in [4.78, 5) is 6.77. The van der Waals surface area contributed by atoms with Crippen LogP contribution in [0.2, 0.25) is 0 Å². The third-order valence-corrected chi connectivity index (χ3v) is 5.15. The van der Waals surface area contributed by atoms with Crippen molar-refractivity contribution >= 4 is 5.96 Å². The first-order chi connectivity index (χ1) is 14.8. The van der Waals surface area contributed by atoms with Crippen LogP contribution in [0.5, 0.6) is 11.5 Å². The molecule has 162 valence electrons. The van der Waals surface area contributed by atoms with Crippen LogP contribution in [0.3, 0.4) is 0 Å². The second-order valence-electron chi connectivity index (χ2n) is 7.36. The number of methoxy groups -OCH3 is 1. The maximum absolute atomic E-state index is 5.95. The van der Waals surface area contributed by atoms with Crippen LogP contribution < -0.4 is 10.1 Å². The molecule has 0 bridgehead atoms. The first kappa shape index (κ1) is 22.1. The minimum absolute atomic E-state index is 0.341. The van der Waals surface area contributed by atoms with E-state index in [-0.39, 0.29) is 0 Å². The number of para-hydroxylation sites is 1. The predicted molar refractivity (Wildman–Crippen MR) is 120 cm³/mol. The van der Waals surface area contributed by atoms with E-state index in [1.54, 1.807) is 7.11 Å². The van der Waals surface area contributed by atoms with Crippen molar-refractivity contribution in [1.82, 2.24) is 10.2 Å². The zero-order valence-electron chi connectivity index (χ0n) is 18.0. The van der Waals surface area contributed by atoms with Crippen molar-refractivity contribution in [2.24, 2.45) is 4.99 Å². The highest BCUT2D eigenvalue weighted by atomic mass is 16.5. The fourth-order valence-electron chi connectivity index (χ4n) is 3.50. The number of benzene rings is 2. The average Bonchev–Trinajstić information content (AvgIpc) is 2.80. The summed E-state index contributed by atoms with van der Waals surface area (Å²) in [5.41, 5.74) is 1.19. The molecular formula is C24H33N3O3. The number of rotatable bonds is 9. The van der Waals surface area contributed by atoms with Gasteiger partial charge in [-0.25, -0.2) is 0 Å². The van der Waals surface area contributed by atoms with Gasteiger partial charge in [-0.05, 0) is 49.1 Å². The summed E-state index contributed by atoms with van der Waals surface area (Å²) in [6, 6.07) is 18.0. The molecule has 1 heterocycles. The van der Waals surface area contributed by atoms with Crippen LogP contribution in [0.4, 0.5) is 0 Å². The summed E-state index contributed by atoms with van der Waals surface area (Å²) in [6.07, 6.45) is 3.35. The van der Waals surface area contributed by atoms with Gasteiger partial charge in [0.05, 0.1) is 6.10 Å². The Morgan fingerprint density at radius 1 is 1.00 bits per heavy atom. The van der Waals surface area contributed by atoms with E-state index in [1.807, 2.05) is 49.5 Å². The highest BCUT2D eigenvalue weighted by Crippen LogP contribution is 2.21. The number of ether oxygens (including phenoxy) is 3. The number of hydrogen-bond acceptors (Lipinski definition) is 4. The van der Waals surface area contributed by atoms with Crippen LogP contribution in [0.1, 0.15) is 24.8 Å². The highest BCUT2D eigenvalue weighted by molar-refractivity contribution is 5.80. The predicted octanol–water partition coefficient (Wildman–Crippen LogP) is 4.07. The van der Waals surface area contributed by atoms with Gasteiger partial charge in [-0.2, -0.15) is 0 Å². The molecule has 1 N–H and O–H groups in total.